The Balaban J connectivity index is 2.21. The number of fused-ring (bicyclic) bond motifs is 1. The number of methoxy groups -OCH3 is 2. The van der Waals surface area contributed by atoms with Crippen molar-refractivity contribution in [1.29, 1.82) is 0 Å². The molecule has 0 saturated carbocycles. The van der Waals surface area contributed by atoms with E-state index >= 15 is 0 Å². The number of rotatable bonds is 6. The summed E-state index contributed by atoms with van der Waals surface area (Å²) in [6, 6.07) is 9.49. The lowest BCUT2D eigenvalue weighted by atomic mass is 10.1. The SMILES string of the molecule is CCOC(=O)c1cnn2c(-c3cccc(OC)c3)cc(COC)nc12. The van der Waals surface area contributed by atoms with E-state index in [0.29, 0.717) is 23.5 Å². The second kappa shape index (κ2) is 7.31. The van der Waals surface area contributed by atoms with Gasteiger partial charge in [0.2, 0.25) is 0 Å². The average molecular weight is 341 g/mol. The molecule has 0 fully saturated rings. The van der Waals surface area contributed by atoms with E-state index in [0.717, 1.165) is 17.0 Å². The van der Waals surface area contributed by atoms with Gasteiger partial charge in [-0.15, -0.1) is 0 Å². The number of nitrogens with zero attached hydrogens (tertiary/aromatic N) is 3. The van der Waals surface area contributed by atoms with Crippen LogP contribution in [0.15, 0.2) is 36.5 Å². The number of carbonyl (C=O) groups excluding carboxylic acids is 1. The summed E-state index contributed by atoms with van der Waals surface area (Å²) in [6.07, 6.45) is 1.47. The first kappa shape index (κ1) is 16.9. The Hall–Kier alpha value is -2.93. The minimum absolute atomic E-state index is 0.288. The summed E-state index contributed by atoms with van der Waals surface area (Å²) in [7, 11) is 3.21. The summed E-state index contributed by atoms with van der Waals surface area (Å²) in [5.74, 6) is 0.282. The summed E-state index contributed by atoms with van der Waals surface area (Å²) in [5, 5.41) is 4.33. The number of hydrogen-bond acceptors (Lipinski definition) is 6. The van der Waals surface area contributed by atoms with Crippen molar-refractivity contribution in [3.05, 3.63) is 47.8 Å². The molecule has 0 N–H and O–H groups in total. The highest BCUT2D eigenvalue weighted by molar-refractivity contribution is 5.96. The van der Waals surface area contributed by atoms with Crippen molar-refractivity contribution < 1.29 is 19.0 Å². The summed E-state index contributed by atoms with van der Waals surface area (Å²) in [6.45, 7) is 2.37. The second-order valence-electron chi connectivity index (χ2n) is 5.31. The third-order valence-corrected chi connectivity index (χ3v) is 3.68. The summed E-state index contributed by atoms with van der Waals surface area (Å²) in [5.41, 5.74) is 3.13. The van der Waals surface area contributed by atoms with E-state index in [1.165, 1.54) is 6.20 Å². The Morgan fingerprint density at radius 3 is 2.80 bits per heavy atom. The van der Waals surface area contributed by atoms with Crippen LogP contribution in [-0.2, 0) is 16.1 Å². The van der Waals surface area contributed by atoms with Crippen molar-refractivity contribution in [2.24, 2.45) is 0 Å². The normalized spacial score (nSPS) is 10.8. The zero-order valence-corrected chi connectivity index (χ0v) is 14.4. The molecule has 0 unspecified atom stereocenters. The van der Waals surface area contributed by atoms with Crippen LogP contribution in [0.2, 0.25) is 0 Å². The van der Waals surface area contributed by atoms with Crippen molar-refractivity contribution in [3.63, 3.8) is 0 Å². The van der Waals surface area contributed by atoms with Gasteiger partial charge in [0.25, 0.3) is 0 Å². The zero-order valence-electron chi connectivity index (χ0n) is 14.4. The molecular formula is C18H19N3O4. The molecule has 25 heavy (non-hydrogen) atoms. The Morgan fingerprint density at radius 1 is 1.24 bits per heavy atom. The third-order valence-electron chi connectivity index (χ3n) is 3.68. The van der Waals surface area contributed by atoms with E-state index in [1.807, 2.05) is 30.3 Å². The lowest BCUT2D eigenvalue weighted by Crippen LogP contribution is -2.07. The van der Waals surface area contributed by atoms with Gasteiger partial charge in [-0.1, -0.05) is 12.1 Å². The van der Waals surface area contributed by atoms with Gasteiger partial charge in [0.15, 0.2) is 5.65 Å². The number of ether oxygens (including phenoxy) is 3. The molecule has 7 heteroatoms. The molecule has 0 aliphatic heterocycles. The van der Waals surface area contributed by atoms with E-state index in [9.17, 15) is 4.79 Å². The highest BCUT2D eigenvalue weighted by Gasteiger charge is 2.19. The summed E-state index contributed by atoms with van der Waals surface area (Å²) < 4.78 is 17.2. The molecular weight excluding hydrogens is 322 g/mol. The fourth-order valence-electron chi connectivity index (χ4n) is 2.58. The van der Waals surface area contributed by atoms with Crippen LogP contribution in [0.4, 0.5) is 0 Å². The first-order valence-electron chi connectivity index (χ1n) is 7.86. The van der Waals surface area contributed by atoms with Gasteiger partial charge < -0.3 is 14.2 Å². The molecule has 0 saturated heterocycles. The first-order valence-corrected chi connectivity index (χ1v) is 7.86. The number of benzene rings is 1. The summed E-state index contributed by atoms with van der Waals surface area (Å²) in [4.78, 5) is 16.7. The average Bonchev–Trinajstić information content (AvgIpc) is 3.05. The Labute approximate surface area is 145 Å². The molecule has 0 spiro atoms. The fourth-order valence-corrected chi connectivity index (χ4v) is 2.58. The van der Waals surface area contributed by atoms with Crippen molar-refractivity contribution in [2.45, 2.75) is 13.5 Å². The van der Waals surface area contributed by atoms with Gasteiger partial charge in [-0.25, -0.2) is 14.3 Å². The van der Waals surface area contributed by atoms with Crippen LogP contribution in [0.1, 0.15) is 23.0 Å². The molecule has 3 aromatic rings. The van der Waals surface area contributed by atoms with Crippen molar-refractivity contribution in [2.75, 3.05) is 20.8 Å². The minimum atomic E-state index is -0.448. The molecule has 7 nitrogen and oxygen atoms in total. The smallest absolute Gasteiger partial charge is 0.343 e. The number of aromatic nitrogens is 3. The van der Waals surface area contributed by atoms with Gasteiger partial charge >= 0.3 is 5.97 Å². The van der Waals surface area contributed by atoms with Crippen LogP contribution in [0, 0.1) is 0 Å². The van der Waals surface area contributed by atoms with Gasteiger partial charge in [0.1, 0.15) is 11.3 Å². The van der Waals surface area contributed by atoms with E-state index in [1.54, 1.807) is 25.7 Å². The molecule has 1 aromatic carbocycles. The highest BCUT2D eigenvalue weighted by atomic mass is 16.5. The maximum absolute atomic E-state index is 12.2. The summed E-state index contributed by atoms with van der Waals surface area (Å²) >= 11 is 0. The van der Waals surface area contributed by atoms with Crippen LogP contribution in [0.3, 0.4) is 0 Å². The molecule has 2 heterocycles. The van der Waals surface area contributed by atoms with Gasteiger partial charge in [-0.3, -0.25) is 0 Å². The standard InChI is InChI=1S/C18H19N3O4/c1-4-25-18(22)15-10-19-21-16(9-13(11-23-2)20-17(15)21)12-6-5-7-14(8-12)24-3/h5-10H,4,11H2,1-3H3. The molecule has 0 radical (unpaired) electrons. The minimum Gasteiger partial charge on any atom is -0.497 e. The maximum atomic E-state index is 12.2. The van der Waals surface area contributed by atoms with Crippen LogP contribution in [0.5, 0.6) is 5.75 Å². The van der Waals surface area contributed by atoms with Crippen molar-refractivity contribution in [1.82, 2.24) is 14.6 Å². The van der Waals surface area contributed by atoms with Crippen LogP contribution in [-0.4, -0.2) is 41.4 Å². The predicted octanol–water partition coefficient (Wildman–Crippen LogP) is 2.73. The first-order chi connectivity index (χ1) is 12.2. The monoisotopic (exact) mass is 341 g/mol. The zero-order chi connectivity index (χ0) is 17.8. The van der Waals surface area contributed by atoms with Crippen LogP contribution < -0.4 is 4.74 Å². The number of carbonyl (C=O) groups is 1. The van der Waals surface area contributed by atoms with Gasteiger partial charge in [0, 0.05) is 12.7 Å². The molecule has 0 atom stereocenters. The fraction of sp³-hybridized carbons (Fsp3) is 0.278. The molecule has 0 bridgehead atoms. The Bertz CT molecular complexity index is 904. The highest BCUT2D eigenvalue weighted by Crippen LogP contribution is 2.26. The Kier molecular flexibility index (Phi) is 4.95. The van der Waals surface area contributed by atoms with Gasteiger partial charge in [-0.2, -0.15) is 5.10 Å². The van der Waals surface area contributed by atoms with Gasteiger partial charge in [-0.05, 0) is 25.1 Å². The van der Waals surface area contributed by atoms with Crippen LogP contribution >= 0.6 is 0 Å². The third kappa shape index (κ3) is 3.32. The van der Waals surface area contributed by atoms with E-state index < -0.39 is 5.97 Å². The lowest BCUT2D eigenvalue weighted by molar-refractivity contribution is 0.0528. The van der Waals surface area contributed by atoms with E-state index in [2.05, 4.69) is 10.1 Å². The molecule has 2 aromatic heterocycles. The number of hydrogen-bond donors (Lipinski definition) is 0. The largest absolute Gasteiger partial charge is 0.497 e. The van der Waals surface area contributed by atoms with Crippen molar-refractivity contribution >= 4 is 11.6 Å². The van der Waals surface area contributed by atoms with E-state index in [-0.39, 0.29) is 6.61 Å². The quantitative estimate of drug-likeness (QED) is 0.642. The van der Waals surface area contributed by atoms with Crippen molar-refractivity contribution in [3.8, 4) is 17.0 Å². The second-order valence-corrected chi connectivity index (χ2v) is 5.31. The molecule has 0 aliphatic rings. The van der Waals surface area contributed by atoms with Gasteiger partial charge in [0.05, 0.1) is 37.9 Å². The number of esters is 1. The predicted molar refractivity (Wildman–Crippen MR) is 91.6 cm³/mol. The maximum Gasteiger partial charge on any atom is 0.343 e. The lowest BCUT2D eigenvalue weighted by Gasteiger charge is -2.10. The molecule has 130 valence electrons. The molecule has 0 aliphatic carbocycles. The van der Waals surface area contributed by atoms with Crippen LogP contribution in [0.25, 0.3) is 16.9 Å². The Morgan fingerprint density at radius 2 is 2.08 bits per heavy atom. The molecule has 3 rings (SSSR count). The topological polar surface area (TPSA) is 75.0 Å². The molecule has 0 amide bonds. The van der Waals surface area contributed by atoms with E-state index in [4.69, 9.17) is 14.2 Å².